The van der Waals surface area contributed by atoms with Gasteiger partial charge in [-0.15, -0.1) is 11.8 Å². The highest BCUT2D eigenvalue weighted by Crippen LogP contribution is 2.15. The van der Waals surface area contributed by atoms with E-state index in [4.69, 9.17) is 10.2 Å². The molecule has 4 unspecified atom stereocenters. The van der Waals surface area contributed by atoms with Crippen molar-refractivity contribution in [3.8, 4) is 0 Å². The molecule has 4 N–H and O–H groups in total. The predicted molar refractivity (Wildman–Crippen MR) is 118 cm³/mol. The van der Waals surface area contributed by atoms with Gasteiger partial charge in [-0.25, -0.2) is 0 Å². The molecule has 0 saturated heterocycles. The second-order valence-corrected chi connectivity index (χ2v) is 9.07. The van der Waals surface area contributed by atoms with E-state index in [9.17, 15) is 28.8 Å². The molecule has 0 aromatic heterocycles. The molecule has 0 aliphatic heterocycles. The van der Waals surface area contributed by atoms with Crippen molar-refractivity contribution in [1.29, 1.82) is 0 Å². The zero-order valence-corrected chi connectivity index (χ0v) is 19.6. The van der Waals surface area contributed by atoms with Crippen LogP contribution in [0.15, 0.2) is 0 Å². The number of rotatable bonds is 16. The van der Waals surface area contributed by atoms with Crippen molar-refractivity contribution >= 4 is 59.3 Å². The van der Waals surface area contributed by atoms with Crippen LogP contribution in [-0.4, -0.2) is 81.1 Å². The van der Waals surface area contributed by atoms with Crippen molar-refractivity contribution in [2.24, 2.45) is 5.92 Å². The summed E-state index contributed by atoms with van der Waals surface area (Å²) in [5.41, 5.74) is 0. The quantitative estimate of drug-likeness (QED) is 0.230. The Bertz CT molecular complexity index is 673. The van der Waals surface area contributed by atoms with Crippen LogP contribution < -0.4 is 10.6 Å². The maximum absolute atomic E-state index is 12.8. The van der Waals surface area contributed by atoms with E-state index in [1.165, 1.54) is 12.5 Å². The van der Waals surface area contributed by atoms with Gasteiger partial charge in [0, 0.05) is 12.8 Å². The van der Waals surface area contributed by atoms with Crippen molar-refractivity contribution in [3.05, 3.63) is 0 Å². The van der Waals surface area contributed by atoms with Crippen LogP contribution in [0.4, 0.5) is 0 Å². The Morgan fingerprint density at radius 2 is 1.52 bits per heavy atom. The highest BCUT2D eigenvalue weighted by atomic mass is 32.2. The van der Waals surface area contributed by atoms with Gasteiger partial charge in [-0.05, 0) is 18.4 Å². The van der Waals surface area contributed by atoms with E-state index in [1.807, 2.05) is 13.8 Å². The summed E-state index contributed by atoms with van der Waals surface area (Å²) in [7, 11) is 0. The third-order valence-corrected chi connectivity index (χ3v) is 6.48. The Morgan fingerprint density at radius 1 is 0.935 bits per heavy atom. The Hall–Kier alpha value is -2.08. The number of nitrogens with one attached hydrogen (secondary N) is 2. The zero-order valence-electron chi connectivity index (χ0n) is 18.0. The topological polar surface area (TPSA) is 167 Å². The lowest BCUT2D eigenvalue weighted by molar-refractivity contribution is -0.139. The smallest absolute Gasteiger partial charge is 0.317 e. The van der Waals surface area contributed by atoms with Crippen LogP contribution in [0.3, 0.4) is 0 Å². The van der Waals surface area contributed by atoms with Gasteiger partial charge in [0.25, 0.3) is 0 Å². The highest BCUT2D eigenvalue weighted by Gasteiger charge is 2.34. The summed E-state index contributed by atoms with van der Waals surface area (Å²) in [5.74, 6) is -4.44. The number of carbonyl (C=O) groups excluding carboxylic acids is 4. The highest BCUT2D eigenvalue weighted by molar-refractivity contribution is 8.00. The first-order valence-corrected chi connectivity index (χ1v) is 12.2. The molecule has 0 aliphatic carbocycles. The third kappa shape index (κ3) is 10.7. The molecule has 31 heavy (non-hydrogen) atoms. The van der Waals surface area contributed by atoms with Gasteiger partial charge >= 0.3 is 11.9 Å². The van der Waals surface area contributed by atoms with Crippen molar-refractivity contribution in [1.82, 2.24) is 10.6 Å². The van der Waals surface area contributed by atoms with Gasteiger partial charge in [0.15, 0.2) is 5.78 Å². The molecule has 0 aromatic rings. The van der Waals surface area contributed by atoms with Gasteiger partial charge in [0.2, 0.25) is 11.8 Å². The Labute approximate surface area is 189 Å². The molecule has 0 radical (unpaired) electrons. The molecule has 176 valence electrons. The summed E-state index contributed by atoms with van der Waals surface area (Å²) >= 11 is 1.92. The maximum atomic E-state index is 12.8. The molecular weight excluding hydrogens is 448 g/mol. The van der Waals surface area contributed by atoms with Crippen LogP contribution in [0.2, 0.25) is 0 Å². The molecule has 0 heterocycles. The first kappa shape index (κ1) is 28.9. The average Bonchev–Trinajstić information content (AvgIpc) is 2.71. The van der Waals surface area contributed by atoms with Crippen LogP contribution in [-0.2, 0) is 28.8 Å². The largest absolute Gasteiger partial charge is 0.481 e. The number of ketones is 1. The Balaban J connectivity index is 5.61. The van der Waals surface area contributed by atoms with Gasteiger partial charge in [0.05, 0.1) is 11.7 Å². The minimum Gasteiger partial charge on any atom is -0.481 e. The van der Waals surface area contributed by atoms with Crippen molar-refractivity contribution < 1.29 is 39.0 Å². The monoisotopic (exact) mass is 478 g/mol. The second-order valence-electron chi connectivity index (χ2n) is 6.99. The Kier molecular flexibility index (Phi) is 13.8. The summed E-state index contributed by atoms with van der Waals surface area (Å²) < 4.78 is 0. The number of amides is 2. The molecule has 0 bridgehead atoms. The van der Waals surface area contributed by atoms with Gasteiger partial charge in [-0.3, -0.25) is 24.0 Å². The van der Waals surface area contributed by atoms with E-state index < -0.39 is 65.0 Å². The maximum Gasteiger partial charge on any atom is 0.317 e. The number of Topliss-reactive ketones (excluding diaryl/α,β-unsaturated/α-hetero) is 1. The van der Waals surface area contributed by atoms with Crippen molar-refractivity contribution in [2.45, 2.75) is 62.1 Å². The third-order valence-electron chi connectivity index (χ3n) is 4.59. The first-order valence-electron chi connectivity index (χ1n) is 9.58. The molecule has 10 nitrogen and oxygen atoms in total. The number of thioether (sulfide) groups is 2. The molecular formula is C19H30N2O8S2. The van der Waals surface area contributed by atoms with E-state index in [2.05, 4.69) is 10.6 Å². The molecule has 0 spiro atoms. The summed E-state index contributed by atoms with van der Waals surface area (Å²) in [4.78, 5) is 71.4. The van der Waals surface area contributed by atoms with E-state index in [-0.39, 0.29) is 12.3 Å². The van der Waals surface area contributed by atoms with Crippen molar-refractivity contribution in [2.75, 3.05) is 12.5 Å². The number of hydrogen-bond donors (Lipinski definition) is 4. The lowest BCUT2D eigenvalue weighted by Crippen LogP contribution is -2.58. The fourth-order valence-electron chi connectivity index (χ4n) is 2.55. The SMILES string of the molecule is CC[C@@H](C)CC(=O)C(NC(=O)C(CC(=O)O)SC)C(C=O)NC(=O)CC(SC)C(=O)O. The van der Waals surface area contributed by atoms with E-state index in [0.29, 0.717) is 12.7 Å². The molecule has 12 heteroatoms. The summed E-state index contributed by atoms with van der Waals surface area (Å²) in [6.45, 7) is 3.69. The molecule has 2 amide bonds. The fraction of sp³-hybridized carbons (Fsp3) is 0.684. The molecule has 5 atom stereocenters. The minimum absolute atomic E-state index is 0.0348. The molecule has 0 saturated carbocycles. The van der Waals surface area contributed by atoms with Gasteiger partial charge in [0.1, 0.15) is 23.6 Å². The van der Waals surface area contributed by atoms with Crippen LogP contribution in [0, 0.1) is 5.92 Å². The number of carboxylic acid groups (broad SMARTS) is 2. The summed E-state index contributed by atoms with van der Waals surface area (Å²) in [6.07, 6.45) is 3.16. The predicted octanol–water partition coefficient (Wildman–Crippen LogP) is 0.573. The number of carbonyl (C=O) groups is 6. The van der Waals surface area contributed by atoms with Crippen LogP contribution in [0.5, 0.6) is 0 Å². The minimum atomic E-state index is -1.42. The molecule has 0 fully saturated rings. The lowest BCUT2D eigenvalue weighted by Gasteiger charge is -2.26. The van der Waals surface area contributed by atoms with Gasteiger partial charge < -0.3 is 25.6 Å². The standard InChI is InChI=1S/C19H30N2O8S2/c1-5-10(2)6-12(23)17(21-18(27)13(30-3)8-16(25)26)11(9-22)20-15(24)7-14(31-4)19(28)29/h9-11,13-14,17H,5-8H2,1-4H3,(H,20,24)(H,21,27)(H,25,26)(H,28,29)/t10-,11?,13?,14?,17?/m1/s1. The van der Waals surface area contributed by atoms with Crippen LogP contribution >= 0.6 is 23.5 Å². The van der Waals surface area contributed by atoms with Crippen LogP contribution in [0.1, 0.15) is 39.5 Å². The van der Waals surface area contributed by atoms with Gasteiger partial charge in [-0.2, -0.15) is 11.8 Å². The molecule has 0 rings (SSSR count). The number of carboxylic acids is 2. The Morgan fingerprint density at radius 3 is 1.94 bits per heavy atom. The first-order chi connectivity index (χ1) is 14.5. The average molecular weight is 479 g/mol. The lowest BCUT2D eigenvalue weighted by atomic mass is 9.94. The number of hydrogen-bond acceptors (Lipinski definition) is 8. The fourth-order valence-corrected chi connectivity index (χ4v) is 3.66. The van der Waals surface area contributed by atoms with E-state index in [1.54, 1.807) is 0 Å². The van der Waals surface area contributed by atoms with E-state index in [0.717, 1.165) is 23.5 Å². The second kappa shape index (κ2) is 14.8. The summed E-state index contributed by atoms with van der Waals surface area (Å²) in [5, 5.41) is 20.7. The van der Waals surface area contributed by atoms with E-state index >= 15 is 0 Å². The normalized spacial score (nSPS) is 15.6. The molecule has 0 aliphatic rings. The number of aliphatic carboxylic acids is 2. The van der Waals surface area contributed by atoms with Gasteiger partial charge in [-0.1, -0.05) is 20.3 Å². The summed E-state index contributed by atoms with van der Waals surface area (Å²) in [6, 6.07) is -2.82. The van der Waals surface area contributed by atoms with Crippen LogP contribution in [0.25, 0.3) is 0 Å². The number of aldehydes is 1. The van der Waals surface area contributed by atoms with Crippen molar-refractivity contribution in [3.63, 3.8) is 0 Å². The molecule has 0 aromatic carbocycles. The zero-order chi connectivity index (χ0) is 24.1.